The van der Waals surface area contributed by atoms with E-state index in [0.29, 0.717) is 18.4 Å². The molecule has 1 aromatic carbocycles. The molecule has 1 aromatic heterocycles. The zero-order chi connectivity index (χ0) is 14.9. The average Bonchev–Trinajstić information content (AvgIpc) is 3.16. The lowest BCUT2D eigenvalue weighted by Gasteiger charge is -2.31. The highest BCUT2D eigenvalue weighted by Crippen LogP contribution is 2.36. The Balaban J connectivity index is 1.39. The van der Waals surface area contributed by atoms with E-state index in [9.17, 15) is 4.79 Å². The van der Waals surface area contributed by atoms with Gasteiger partial charge in [-0.3, -0.25) is 4.79 Å². The van der Waals surface area contributed by atoms with Crippen molar-refractivity contribution >= 4 is 27.5 Å². The molecule has 22 heavy (non-hydrogen) atoms. The fraction of sp³-hybridized carbons (Fsp3) is 0.556. The number of thiazole rings is 1. The van der Waals surface area contributed by atoms with Crippen LogP contribution >= 0.6 is 11.3 Å². The molecular formula is C18H22N2OS. The van der Waals surface area contributed by atoms with E-state index in [1.165, 1.54) is 36.8 Å². The van der Waals surface area contributed by atoms with Gasteiger partial charge in [-0.15, -0.1) is 11.3 Å². The van der Waals surface area contributed by atoms with Crippen molar-refractivity contribution in [2.45, 2.75) is 51.0 Å². The number of aryl methyl sites for hydroxylation is 1. The van der Waals surface area contributed by atoms with E-state index in [2.05, 4.69) is 16.0 Å². The molecule has 4 heteroatoms. The molecule has 1 aliphatic heterocycles. The van der Waals surface area contributed by atoms with E-state index >= 15 is 0 Å². The van der Waals surface area contributed by atoms with Crippen molar-refractivity contribution in [1.82, 2.24) is 9.88 Å². The molecule has 2 fully saturated rings. The van der Waals surface area contributed by atoms with Crippen molar-refractivity contribution in [2.75, 3.05) is 6.54 Å². The third-order valence-corrected chi connectivity index (χ3v) is 6.32. The van der Waals surface area contributed by atoms with Gasteiger partial charge in [-0.05, 0) is 37.3 Å². The van der Waals surface area contributed by atoms with Gasteiger partial charge >= 0.3 is 0 Å². The van der Waals surface area contributed by atoms with Gasteiger partial charge in [0.25, 0.3) is 0 Å². The summed E-state index contributed by atoms with van der Waals surface area (Å²) in [5, 5.41) is 1.09. The minimum absolute atomic E-state index is 0.341. The van der Waals surface area contributed by atoms with Crippen LogP contribution in [0.1, 0.15) is 43.5 Å². The first-order chi connectivity index (χ1) is 10.8. The van der Waals surface area contributed by atoms with E-state index in [4.69, 9.17) is 0 Å². The van der Waals surface area contributed by atoms with Gasteiger partial charge in [0.05, 0.1) is 15.2 Å². The molecule has 2 atom stereocenters. The Labute approximate surface area is 135 Å². The summed E-state index contributed by atoms with van der Waals surface area (Å²) in [6.07, 6.45) is 7.81. The molecule has 1 amide bonds. The molecule has 0 spiro atoms. The highest BCUT2D eigenvalue weighted by molar-refractivity contribution is 7.18. The number of carbonyl (C=O) groups excluding carboxylic acids is 1. The number of nitrogens with zero attached hydrogens (tertiary/aromatic N) is 2. The number of amides is 1. The van der Waals surface area contributed by atoms with Gasteiger partial charge in [0, 0.05) is 25.4 Å². The largest absolute Gasteiger partial charge is 0.339 e. The Kier molecular flexibility index (Phi) is 3.87. The van der Waals surface area contributed by atoms with Crippen LogP contribution in [0.4, 0.5) is 0 Å². The lowest BCUT2D eigenvalue weighted by Crippen LogP contribution is -2.39. The second-order valence-corrected chi connectivity index (χ2v) is 7.68. The first-order valence-corrected chi connectivity index (χ1v) is 9.27. The molecule has 2 unspecified atom stereocenters. The van der Waals surface area contributed by atoms with Gasteiger partial charge in [0.15, 0.2) is 0 Å². The lowest BCUT2D eigenvalue weighted by molar-refractivity contribution is -0.132. The summed E-state index contributed by atoms with van der Waals surface area (Å²) < 4.78 is 1.22. The number of fused-ring (bicyclic) bond motifs is 2. The number of hydrogen-bond donors (Lipinski definition) is 0. The van der Waals surface area contributed by atoms with Crippen LogP contribution in [0.15, 0.2) is 24.3 Å². The average molecular weight is 314 g/mol. The van der Waals surface area contributed by atoms with Gasteiger partial charge in [0.2, 0.25) is 5.91 Å². The SMILES string of the molecule is O=C(CCc1nc2ccccc2s1)N1CCC2CCCCC21. The molecule has 4 rings (SSSR count). The van der Waals surface area contributed by atoms with Crippen LogP contribution in [0.5, 0.6) is 0 Å². The van der Waals surface area contributed by atoms with E-state index < -0.39 is 0 Å². The topological polar surface area (TPSA) is 33.2 Å². The summed E-state index contributed by atoms with van der Waals surface area (Å²) in [7, 11) is 0. The Morgan fingerprint density at radius 2 is 2.09 bits per heavy atom. The second-order valence-electron chi connectivity index (χ2n) is 6.56. The first-order valence-electron chi connectivity index (χ1n) is 8.45. The predicted octanol–water partition coefficient (Wildman–Crippen LogP) is 4.02. The number of aromatic nitrogens is 1. The Bertz CT molecular complexity index is 648. The van der Waals surface area contributed by atoms with Crippen molar-refractivity contribution in [3.63, 3.8) is 0 Å². The minimum Gasteiger partial charge on any atom is -0.339 e. The van der Waals surface area contributed by atoms with Crippen LogP contribution in [-0.4, -0.2) is 28.4 Å². The van der Waals surface area contributed by atoms with E-state index in [-0.39, 0.29) is 0 Å². The fourth-order valence-electron chi connectivity index (χ4n) is 4.10. The molecule has 3 nitrogen and oxygen atoms in total. The minimum atomic E-state index is 0.341. The van der Waals surface area contributed by atoms with E-state index in [0.717, 1.165) is 29.4 Å². The van der Waals surface area contributed by atoms with Crippen LogP contribution in [0.3, 0.4) is 0 Å². The molecule has 2 aromatic rings. The highest BCUT2D eigenvalue weighted by atomic mass is 32.1. The van der Waals surface area contributed by atoms with Crippen LogP contribution in [0.2, 0.25) is 0 Å². The summed E-state index contributed by atoms with van der Waals surface area (Å²) in [6, 6.07) is 8.75. The predicted molar refractivity (Wildman–Crippen MR) is 90.0 cm³/mol. The van der Waals surface area contributed by atoms with Crippen molar-refractivity contribution < 1.29 is 4.79 Å². The molecule has 0 bridgehead atoms. The number of carbonyl (C=O) groups is 1. The smallest absolute Gasteiger partial charge is 0.223 e. The van der Waals surface area contributed by atoms with Crippen LogP contribution < -0.4 is 0 Å². The van der Waals surface area contributed by atoms with Crippen molar-refractivity contribution in [2.24, 2.45) is 5.92 Å². The zero-order valence-corrected chi connectivity index (χ0v) is 13.6. The quantitative estimate of drug-likeness (QED) is 0.857. The van der Waals surface area contributed by atoms with Gasteiger partial charge in [-0.25, -0.2) is 4.98 Å². The maximum Gasteiger partial charge on any atom is 0.223 e. The molecule has 1 saturated heterocycles. The number of likely N-dealkylation sites (tertiary alicyclic amines) is 1. The molecule has 2 heterocycles. The number of benzene rings is 1. The molecule has 0 radical (unpaired) electrons. The van der Waals surface area contributed by atoms with Gasteiger partial charge in [0.1, 0.15) is 0 Å². The van der Waals surface area contributed by atoms with Gasteiger partial charge in [-0.1, -0.05) is 25.0 Å². The van der Waals surface area contributed by atoms with Crippen molar-refractivity contribution in [3.05, 3.63) is 29.3 Å². The molecule has 1 aliphatic carbocycles. The van der Waals surface area contributed by atoms with Crippen molar-refractivity contribution in [3.8, 4) is 0 Å². The second kappa shape index (κ2) is 5.99. The Morgan fingerprint density at radius 3 is 3.00 bits per heavy atom. The molecular weight excluding hydrogens is 292 g/mol. The molecule has 2 aliphatic rings. The molecule has 116 valence electrons. The summed E-state index contributed by atoms with van der Waals surface area (Å²) in [4.78, 5) is 19.4. The maximum atomic E-state index is 12.6. The number of para-hydroxylation sites is 1. The standard InChI is InChI=1S/C18H22N2OS/c21-18(20-12-11-13-5-1-3-7-15(13)20)10-9-17-19-14-6-2-4-8-16(14)22-17/h2,4,6,8,13,15H,1,3,5,7,9-12H2. The first kappa shape index (κ1) is 14.2. The molecule has 0 N–H and O–H groups in total. The lowest BCUT2D eigenvalue weighted by atomic mass is 9.85. The van der Waals surface area contributed by atoms with Gasteiger partial charge in [-0.2, -0.15) is 0 Å². The summed E-state index contributed by atoms with van der Waals surface area (Å²) in [6.45, 7) is 0.980. The normalized spacial score (nSPS) is 24.6. The zero-order valence-electron chi connectivity index (χ0n) is 12.8. The van der Waals surface area contributed by atoms with E-state index in [1.54, 1.807) is 11.3 Å². The Hall–Kier alpha value is -1.42. The monoisotopic (exact) mass is 314 g/mol. The number of hydrogen-bond acceptors (Lipinski definition) is 3. The van der Waals surface area contributed by atoms with Crippen LogP contribution in [-0.2, 0) is 11.2 Å². The third kappa shape index (κ3) is 2.65. The summed E-state index contributed by atoms with van der Waals surface area (Å²) >= 11 is 1.72. The van der Waals surface area contributed by atoms with Crippen molar-refractivity contribution in [1.29, 1.82) is 0 Å². The fourth-order valence-corrected chi connectivity index (χ4v) is 5.07. The Morgan fingerprint density at radius 1 is 1.23 bits per heavy atom. The van der Waals surface area contributed by atoms with E-state index in [1.807, 2.05) is 18.2 Å². The van der Waals surface area contributed by atoms with Crippen LogP contribution in [0, 0.1) is 5.92 Å². The van der Waals surface area contributed by atoms with Gasteiger partial charge < -0.3 is 4.90 Å². The van der Waals surface area contributed by atoms with Crippen LogP contribution in [0.25, 0.3) is 10.2 Å². The summed E-state index contributed by atoms with van der Waals surface area (Å²) in [5.41, 5.74) is 1.06. The number of rotatable bonds is 3. The maximum absolute atomic E-state index is 12.6. The molecule has 1 saturated carbocycles. The highest BCUT2D eigenvalue weighted by Gasteiger charge is 2.37. The summed E-state index contributed by atoms with van der Waals surface area (Å²) in [5.74, 6) is 1.12. The third-order valence-electron chi connectivity index (χ3n) is 5.22.